The smallest absolute Gasteiger partial charge is 0.223 e. The number of rotatable bonds is 3. The third-order valence-electron chi connectivity index (χ3n) is 3.14. The summed E-state index contributed by atoms with van der Waals surface area (Å²) >= 11 is 11.6. The van der Waals surface area contributed by atoms with Crippen molar-refractivity contribution in [2.75, 3.05) is 0 Å². The molecular formula is C11H16Cl2N4. The van der Waals surface area contributed by atoms with E-state index in [0.29, 0.717) is 23.8 Å². The average molecular weight is 275 g/mol. The molecule has 1 saturated carbocycles. The van der Waals surface area contributed by atoms with Crippen molar-refractivity contribution in [2.45, 2.75) is 44.3 Å². The fourth-order valence-electron chi connectivity index (χ4n) is 2.06. The van der Waals surface area contributed by atoms with Crippen molar-refractivity contribution in [3.8, 4) is 0 Å². The van der Waals surface area contributed by atoms with Crippen LogP contribution in [0, 0.1) is 0 Å². The largest absolute Gasteiger partial charge is 0.328 e. The van der Waals surface area contributed by atoms with Crippen LogP contribution in [0.5, 0.6) is 0 Å². The number of nitrogens with two attached hydrogens (primary N) is 1. The Balaban J connectivity index is 1.85. The van der Waals surface area contributed by atoms with Gasteiger partial charge in [0.25, 0.3) is 0 Å². The molecule has 1 aliphatic carbocycles. The van der Waals surface area contributed by atoms with Crippen molar-refractivity contribution in [3.63, 3.8) is 0 Å². The molecule has 3 N–H and O–H groups in total. The zero-order chi connectivity index (χ0) is 12.3. The van der Waals surface area contributed by atoms with E-state index in [4.69, 9.17) is 28.9 Å². The van der Waals surface area contributed by atoms with E-state index < -0.39 is 0 Å². The molecule has 17 heavy (non-hydrogen) atoms. The summed E-state index contributed by atoms with van der Waals surface area (Å²) in [5.41, 5.74) is 6.74. The topological polar surface area (TPSA) is 63.8 Å². The summed E-state index contributed by atoms with van der Waals surface area (Å²) in [7, 11) is 0. The summed E-state index contributed by atoms with van der Waals surface area (Å²) in [6.45, 7) is 0.676. The fraction of sp³-hybridized carbons (Fsp3) is 0.636. The molecule has 6 heteroatoms. The van der Waals surface area contributed by atoms with E-state index in [2.05, 4.69) is 15.3 Å². The minimum absolute atomic E-state index is 0.183. The van der Waals surface area contributed by atoms with E-state index >= 15 is 0 Å². The van der Waals surface area contributed by atoms with Crippen LogP contribution in [-0.2, 0) is 6.54 Å². The summed E-state index contributed by atoms with van der Waals surface area (Å²) in [6.07, 6.45) is 6.07. The van der Waals surface area contributed by atoms with Crippen molar-refractivity contribution in [1.82, 2.24) is 15.3 Å². The monoisotopic (exact) mass is 274 g/mol. The molecule has 0 bridgehead atoms. The van der Waals surface area contributed by atoms with Crippen LogP contribution in [0.15, 0.2) is 6.20 Å². The normalized spacial score (nSPS) is 24.9. The Bertz CT molecular complexity index is 378. The van der Waals surface area contributed by atoms with Gasteiger partial charge in [-0.15, -0.1) is 0 Å². The molecule has 0 aromatic carbocycles. The molecule has 0 saturated heterocycles. The van der Waals surface area contributed by atoms with E-state index in [1.54, 1.807) is 6.20 Å². The molecule has 0 atom stereocenters. The van der Waals surface area contributed by atoms with Crippen LogP contribution in [0.4, 0.5) is 0 Å². The summed E-state index contributed by atoms with van der Waals surface area (Å²) < 4.78 is 0. The summed E-state index contributed by atoms with van der Waals surface area (Å²) in [5, 5.41) is 4.06. The fourth-order valence-corrected chi connectivity index (χ4v) is 2.43. The quantitative estimate of drug-likeness (QED) is 0.655. The lowest BCUT2D eigenvalue weighted by atomic mass is 9.92. The maximum absolute atomic E-state index is 5.97. The first-order chi connectivity index (χ1) is 8.15. The lowest BCUT2D eigenvalue weighted by Gasteiger charge is -2.26. The minimum atomic E-state index is 0.183. The van der Waals surface area contributed by atoms with Gasteiger partial charge >= 0.3 is 0 Å². The predicted molar refractivity (Wildman–Crippen MR) is 69.1 cm³/mol. The Hall–Kier alpha value is -0.420. The SMILES string of the molecule is NC1CCC(NCc2cnc(Cl)nc2Cl)CC1. The zero-order valence-corrected chi connectivity index (χ0v) is 11.0. The number of nitrogens with one attached hydrogen (secondary N) is 1. The molecule has 4 nitrogen and oxygen atoms in total. The van der Waals surface area contributed by atoms with Crippen molar-refractivity contribution >= 4 is 23.2 Å². The second-order valence-electron chi connectivity index (χ2n) is 4.45. The third-order valence-corrected chi connectivity index (χ3v) is 3.64. The maximum atomic E-state index is 5.97. The van der Waals surface area contributed by atoms with Crippen molar-refractivity contribution in [3.05, 3.63) is 22.2 Å². The number of nitrogens with zero attached hydrogens (tertiary/aromatic N) is 2. The standard InChI is InChI=1S/C11H16Cl2N4/c12-10-7(6-16-11(13)17-10)5-15-9-3-1-8(14)2-4-9/h6,8-9,15H,1-5,14H2. The Morgan fingerprint density at radius 2 is 2.00 bits per heavy atom. The van der Waals surface area contributed by atoms with Crippen molar-refractivity contribution in [1.29, 1.82) is 0 Å². The van der Waals surface area contributed by atoms with Crippen LogP contribution in [-0.4, -0.2) is 22.1 Å². The number of hydrogen-bond donors (Lipinski definition) is 2. The van der Waals surface area contributed by atoms with E-state index in [9.17, 15) is 0 Å². The Kier molecular flexibility index (Phi) is 4.56. The minimum Gasteiger partial charge on any atom is -0.328 e. The van der Waals surface area contributed by atoms with Gasteiger partial charge in [-0.1, -0.05) is 11.6 Å². The first-order valence-corrected chi connectivity index (χ1v) is 6.56. The van der Waals surface area contributed by atoms with E-state index in [0.717, 1.165) is 31.2 Å². The van der Waals surface area contributed by atoms with Crippen LogP contribution in [0.2, 0.25) is 10.4 Å². The first kappa shape index (κ1) is 13.0. The highest BCUT2D eigenvalue weighted by Gasteiger charge is 2.18. The molecule has 0 aliphatic heterocycles. The molecule has 1 heterocycles. The van der Waals surface area contributed by atoms with Crippen molar-refractivity contribution < 1.29 is 0 Å². The molecule has 1 fully saturated rings. The molecule has 1 aromatic rings. The van der Waals surface area contributed by atoms with Gasteiger partial charge in [0.2, 0.25) is 5.28 Å². The number of aromatic nitrogens is 2. The zero-order valence-electron chi connectivity index (χ0n) is 9.50. The second-order valence-corrected chi connectivity index (χ2v) is 5.14. The van der Waals surface area contributed by atoms with Gasteiger partial charge < -0.3 is 11.1 Å². The van der Waals surface area contributed by atoms with Gasteiger partial charge in [-0.3, -0.25) is 0 Å². The molecule has 0 amide bonds. The average Bonchev–Trinajstić information content (AvgIpc) is 2.30. The summed E-state index contributed by atoms with van der Waals surface area (Å²) in [6, 6.07) is 0.886. The molecule has 0 spiro atoms. The first-order valence-electron chi connectivity index (χ1n) is 5.81. The van der Waals surface area contributed by atoms with Gasteiger partial charge in [0, 0.05) is 30.4 Å². The third kappa shape index (κ3) is 3.78. The molecule has 0 unspecified atom stereocenters. The lowest BCUT2D eigenvalue weighted by Crippen LogP contribution is -2.37. The van der Waals surface area contributed by atoms with Crippen LogP contribution in [0.3, 0.4) is 0 Å². The highest BCUT2D eigenvalue weighted by Crippen LogP contribution is 2.19. The summed E-state index contributed by atoms with van der Waals surface area (Å²) in [5.74, 6) is 0. The predicted octanol–water partition coefficient (Wildman–Crippen LogP) is 2.14. The number of halogens is 2. The van der Waals surface area contributed by atoms with E-state index in [1.807, 2.05) is 0 Å². The van der Waals surface area contributed by atoms with E-state index in [-0.39, 0.29) is 5.28 Å². The molecule has 1 aromatic heterocycles. The highest BCUT2D eigenvalue weighted by molar-refractivity contribution is 6.32. The molecular weight excluding hydrogens is 259 g/mol. The van der Waals surface area contributed by atoms with Crippen molar-refractivity contribution in [2.24, 2.45) is 5.73 Å². The van der Waals surface area contributed by atoms with Gasteiger partial charge in [-0.05, 0) is 37.3 Å². The van der Waals surface area contributed by atoms with Crippen LogP contribution < -0.4 is 11.1 Å². The molecule has 94 valence electrons. The van der Waals surface area contributed by atoms with Gasteiger partial charge in [0.05, 0.1) is 0 Å². The van der Waals surface area contributed by atoms with Crippen LogP contribution >= 0.6 is 23.2 Å². The highest BCUT2D eigenvalue weighted by atomic mass is 35.5. The van der Waals surface area contributed by atoms with E-state index in [1.165, 1.54) is 0 Å². The molecule has 2 rings (SSSR count). The maximum Gasteiger partial charge on any atom is 0.223 e. The van der Waals surface area contributed by atoms with Gasteiger partial charge in [0.1, 0.15) is 5.15 Å². The molecule has 0 radical (unpaired) electrons. The summed E-state index contributed by atoms with van der Waals surface area (Å²) in [4.78, 5) is 7.83. The van der Waals surface area contributed by atoms with Crippen LogP contribution in [0.1, 0.15) is 31.2 Å². The Morgan fingerprint density at radius 1 is 1.29 bits per heavy atom. The lowest BCUT2D eigenvalue weighted by molar-refractivity contribution is 0.341. The Morgan fingerprint density at radius 3 is 2.65 bits per heavy atom. The second kappa shape index (κ2) is 5.96. The Labute approximate surface area is 111 Å². The number of hydrogen-bond acceptors (Lipinski definition) is 4. The van der Waals surface area contributed by atoms with Gasteiger partial charge in [-0.25, -0.2) is 9.97 Å². The van der Waals surface area contributed by atoms with Gasteiger partial charge in [-0.2, -0.15) is 0 Å². The van der Waals surface area contributed by atoms with Gasteiger partial charge in [0.15, 0.2) is 0 Å². The molecule has 1 aliphatic rings. The van der Waals surface area contributed by atoms with Crippen LogP contribution in [0.25, 0.3) is 0 Å².